The van der Waals surface area contributed by atoms with Crippen molar-refractivity contribution >= 4 is 16.9 Å². The van der Waals surface area contributed by atoms with E-state index in [0.29, 0.717) is 19.3 Å². The van der Waals surface area contributed by atoms with Crippen LogP contribution in [0.15, 0.2) is 36.5 Å². The summed E-state index contributed by atoms with van der Waals surface area (Å²) in [7, 11) is 0. The molecule has 1 aliphatic heterocycles. The van der Waals surface area contributed by atoms with Gasteiger partial charge in [0.05, 0.1) is 24.2 Å². The molecule has 3 heterocycles. The first-order valence-corrected chi connectivity index (χ1v) is 10.1. The number of aliphatic hydroxyl groups is 1. The summed E-state index contributed by atoms with van der Waals surface area (Å²) in [5, 5.41) is 9.45. The molecule has 1 aromatic carbocycles. The van der Waals surface area contributed by atoms with Crippen molar-refractivity contribution < 1.29 is 9.84 Å². The average Bonchev–Trinajstić information content (AvgIpc) is 3.31. The Bertz CT molecular complexity index is 936. The Hall–Kier alpha value is -2.44. The molecule has 6 nitrogen and oxygen atoms in total. The Morgan fingerprint density at radius 3 is 2.82 bits per heavy atom. The molecule has 1 aliphatic rings. The zero-order chi connectivity index (χ0) is 19.5. The number of benzene rings is 1. The average molecular weight is 380 g/mol. The molecule has 148 valence electrons. The molecule has 0 spiro atoms. The molecule has 3 aromatic rings. The molecule has 2 aromatic heterocycles. The van der Waals surface area contributed by atoms with Crippen molar-refractivity contribution in [3.63, 3.8) is 0 Å². The van der Waals surface area contributed by atoms with Gasteiger partial charge in [-0.1, -0.05) is 6.07 Å². The van der Waals surface area contributed by atoms with Crippen LogP contribution in [0.3, 0.4) is 0 Å². The lowest BCUT2D eigenvalue weighted by Gasteiger charge is -2.22. The number of aliphatic hydroxyl groups excluding tert-OH is 1. The highest BCUT2D eigenvalue weighted by Crippen LogP contribution is 2.28. The minimum Gasteiger partial charge on any atom is -0.392 e. The lowest BCUT2D eigenvalue weighted by molar-refractivity contribution is 0.140. The second kappa shape index (κ2) is 8.29. The fourth-order valence-electron chi connectivity index (χ4n) is 3.98. The molecule has 0 bridgehead atoms. The second-order valence-corrected chi connectivity index (χ2v) is 7.35. The highest BCUT2D eigenvalue weighted by molar-refractivity contribution is 5.81. The van der Waals surface area contributed by atoms with Crippen molar-refractivity contribution in [1.29, 1.82) is 0 Å². The zero-order valence-corrected chi connectivity index (χ0v) is 16.6. The molecular weight excluding hydrogens is 352 g/mol. The topological polar surface area (TPSA) is 63.4 Å². The van der Waals surface area contributed by atoms with Gasteiger partial charge in [0.1, 0.15) is 11.6 Å². The summed E-state index contributed by atoms with van der Waals surface area (Å²) in [6, 6.07) is 10.7. The maximum absolute atomic E-state index is 9.45. The molecule has 0 radical (unpaired) electrons. The molecule has 28 heavy (non-hydrogen) atoms. The fourth-order valence-corrected chi connectivity index (χ4v) is 3.98. The van der Waals surface area contributed by atoms with Crippen molar-refractivity contribution in [3.8, 4) is 11.4 Å². The monoisotopic (exact) mass is 380 g/mol. The number of hydrogen-bond donors (Lipinski definition) is 1. The normalized spacial score (nSPS) is 17.0. The molecular formula is C22H28N4O2. The third-order valence-electron chi connectivity index (χ3n) is 5.51. The minimum absolute atomic E-state index is 0.0152. The standard InChI is InChI=1S/C22H28N4O2/c1-3-28-12-11-26-20-8-6-17(15-27)13-19(20)24-22(26)18-7-9-21(23-14-18)25-10-4-5-16(25)2/h6-9,13-14,16,27H,3-5,10-12,15H2,1-2H3. The van der Waals surface area contributed by atoms with Crippen molar-refractivity contribution in [2.24, 2.45) is 0 Å². The second-order valence-electron chi connectivity index (χ2n) is 7.35. The molecule has 6 heteroatoms. The summed E-state index contributed by atoms with van der Waals surface area (Å²) >= 11 is 0. The van der Waals surface area contributed by atoms with Gasteiger partial charge in [-0.15, -0.1) is 0 Å². The molecule has 4 rings (SSSR count). The highest BCUT2D eigenvalue weighted by Gasteiger charge is 2.21. The predicted molar refractivity (Wildman–Crippen MR) is 111 cm³/mol. The smallest absolute Gasteiger partial charge is 0.142 e. The van der Waals surface area contributed by atoms with E-state index in [0.717, 1.165) is 46.9 Å². The van der Waals surface area contributed by atoms with E-state index in [2.05, 4.69) is 28.5 Å². The summed E-state index contributed by atoms with van der Waals surface area (Å²) < 4.78 is 7.76. The van der Waals surface area contributed by atoms with Gasteiger partial charge in [-0.05, 0) is 56.5 Å². The minimum atomic E-state index is 0.0152. The van der Waals surface area contributed by atoms with Gasteiger partial charge in [0, 0.05) is 37.5 Å². The van der Waals surface area contributed by atoms with Crippen LogP contribution in [0, 0.1) is 0 Å². The van der Waals surface area contributed by atoms with E-state index in [1.807, 2.05) is 31.3 Å². The van der Waals surface area contributed by atoms with Gasteiger partial charge < -0.3 is 19.3 Å². The van der Waals surface area contributed by atoms with Crippen molar-refractivity contribution in [2.75, 3.05) is 24.7 Å². The van der Waals surface area contributed by atoms with Gasteiger partial charge >= 0.3 is 0 Å². The predicted octanol–water partition coefficient (Wildman–Crippen LogP) is 3.62. The maximum atomic E-state index is 9.45. The summed E-state index contributed by atoms with van der Waals surface area (Å²) in [5.41, 5.74) is 3.79. The number of nitrogens with zero attached hydrogens (tertiary/aromatic N) is 4. The number of pyridine rings is 1. The first kappa shape index (κ1) is 18.9. The quantitative estimate of drug-likeness (QED) is 0.635. The Morgan fingerprint density at radius 2 is 2.14 bits per heavy atom. The molecule has 1 unspecified atom stereocenters. The van der Waals surface area contributed by atoms with Gasteiger partial charge in [0.25, 0.3) is 0 Å². The van der Waals surface area contributed by atoms with E-state index in [-0.39, 0.29) is 6.61 Å². The van der Waals surface area contributed by atoms with Crippen molar-refractivity contribution in [1.82, 2.24) is 14.5 Å². The van der Waals surface area contributed by atoms with E-state index in [4.69, 9.17) is 14.7 Å². The molecule has 1 N–H and O–H groups in total. The van der Waals surface area contributed by atoms with Gasteiger partial charge in [-0.3, -0.25) is 0 Å². The molecule has 0 amide bonds. The first-order chi connectivity index (χ1) is 13.7. The van der Waals surface area contributed by atoms with E-state index in [1.54, 1.807) is 0 Å². The van der Waals surface area contributed by atoms with E-state index < -0.39 is 0 Å². The summed E-state index contributed by atoms with van der Waals surface area (Å²) in [6.45, 7) is 7.40. The number of rotatable bonds is 7. The first-order valence-electron chi connectivity index (χ1n) is 10.1. The van der Waals surface area contributed by atoms with Crippen LogP contribution in [0.2, 0.25) is 0 Å². The Kier molecular flexibility index (Phi) is 5.59. The summed E-state index contributed by atoms with van der Waals surface area (Å²) in [6.07, 6.45) is 4.38. The van der Waals surface area contributed by atoms with Crippen LogP contribution in [-0.2, 0) is 17.9 Å². The molecule has 1 saturated heterocycles. The number of hydrogen-bond acceptors (Lipinski definition) is 5. The largest absolute Gasteiger partial charge is 0.392 e. The molecule has 1 atom stereocenters. The highest BCUT2D eigenvalue weighted by atomic mass is 16.5. The van der Waals surface area contributed by atoms with Gasteiger partial charge in [0.2, 0.25) is 0 Å². The van der Waals surface area contributed by atoms with Crippen molar-refractivity contribution in [3.05, 3.63) is 42.1 Å². The number of aromatic nitrogens is 3. The SMILES string of the molecule is CCOCCn1c(-c2ccc(N3CCCC3C)nc2)nc2cc(CO)ccc21. The molecule has 0 saturated carbocycles. The van der Waals surface area contributed by atoms with Crippen LogP contribution >= 0.6 is 0 Å². The van der Waals surface area contributed by atoms with Crippen LogP contribution in [0.1, 0.15) is 32.3 Å². The third-order valence-corrected chi connectivity index (χ3v) is 5.51. The molecule has 0 aliphatic carbocycles. The van der Waals surface area contributed by atoms with Gasteiger partial charge in [-0.2, -0.15) is 0 Å². The summed E-state index contributed by atoms with van der Waals surface area (Å²) in [4.78, 5) is 12.0. The van der Waals surface area contributed by atoms with E-state index in [1.165, 1.54) is 12.8 Å². The molecule has 1 fully saturated rings. The number of imidazole rings is 1. The lowest BCUT2D eigenvalue weighted by atomic mass is 10.2. The summed E-state index contributed by atoms with van der Waals surface area (Å²) in [5.74, 6) is 1.92. The van der Waals surface area contributed by atoms with Crippen molar-refractivity contribution in [2.45, 2.75) is 45.9 Å². The Labute approximate surface area is 165 Å². The van der Waals surface area contributed by atoms with Crippen LogP contribution in [0.25, 0.3) is 22.4 Å². The Morgan fingerprint density at radius 1 is 1.25 bits per heavy atom. The van der Waals surface area contributed by atoms with E-state index >= 15 is 0 Å². The number of fused-ring (bicyclic) bond motifs is 1. The maximum Gasteiger partial charge on any atom is 0.142 e. The lowest BCUT2D eigenvalue weighted by Crippen LogP contribution is -2.26. The Balaban J connectivity index is 1.70. The number of ether oxygens (including phenoxy) is 1. The fraction of sp³-hybridized carbons (Fsp3) is 0.455. The van der Waals surface area contributed by atoms with Gasteiger partial charge in [0.15, 0.2) is 0 Å². The van der Waals surface area contributed by atoms with Crippen LogP contribution in [0.5, 0.6) is 0 Å². The van der Waals surface area contributed by atoms with E-state index in [9.17, 15) is 5.11 Å². The third kappa shape index (κ3) is 3.62. The van der Waals surface area contributed by atoms with Crippen LogP contribution in [0.4, 0.5) is 5.82 Å². The van der Waals surface area contributed by atoms with Crippen LogP contribution in [-0.4, -0.2) is 45.4 Å². The van der Waals surface area contributed by atoms with Gasteiger partial charge in [-0.25, -0.2) is 9.97 Å². The number of anilines is 1. The zero-order valence-electron chi connectivity index (χ0n) is 16.6. The van der Waals surface area contributed by atoms with Crippen LogP contribution < -0.4 is 4.90 Å².